The zero-order valence-corrected chi connectivity index (χ0v) is 6.42. The van der Waals surface area contributed by atoms with Crippen molar-refractivity contribution in [2.45, 2.75) is 16.8 Å². The topological polar surface area (TPSA) is 0 Å². The van der Waals surface area contributed by atoms with Gasteiger partial charge in [0.2, 0.25) is 0 Å². The maximum absolute atomic E-state index is 5.10. The van der Waals surface area contributed by atoms with Crippen molar-refractivity contribution in [1.82, 2.24) is 0 Å². The fraction of sp³-hybridized carbons (Fsp3) is 0.600. The first-order valence-corrected chi connectivity index (χ1v) is 5.22. The van der Waals surface area contributed by atoms with Crippen molar-refractivity contribution in [1.29, 1.82) is 0 Å². The van der Waals surface area contributed by atoms with Crippen molar-refractivity contribution in [2.24, 2.45) is 0 Å². The Bertz CT molecular complexity index is 76.4. The van der Waals surface area contributed by atoms with Crippen molar-refractivity contribution in [3.63, 3.8) is 0 Å². The first-order valence-electron chi connectivity index (χ1n) is 2.14. The molecule has 30 valence electrons. The van der Waals surface area contributed by atoms with E-state index >= 15 is 0 Å². The van der Waals surface area contributed by atoms with E-state index in [0.717, 1.165) is 3.93 Å². The molecule has 0 N–H and O–H groups in total. The van der Waals surface area contributed by atoms with Gasteiger partial charge in [-0.1, -0.05) is 0 Å². The molecular weight excluding hydrogens is 179 g/mol. The Morgan fingerprint density at radius 1 is 1.67 bits per heavy atom. The van der Waals surface area contributed by atoms with Crippen LogP contribution in [-0.4, -0.2) is 21.1 Å². The summed E-state index contributed by atoms with van der Waals surface area (Å²) >= 11 is -0.233. The minimum absolute atomic E-state index is 0.233. The average molecular weight is 185 g/mol. The molecule has 0 atom stereocenters. The van der Waals surface area contributed by atoms with E-state index in [-0.39, 0.29) is 21.1 Å². The summed E-state index contributed by atoms with van der Waals surface area (Å²) in [5.74, 6) is 0. The van der Waals surface area contributed by atoms with Crippen LogP contribution in [0.2, 0.25) is 3.93 Å². The molecule has 0 amide bonds. The molecule has 6 heavy (non-hydrogen) atoms. The maximum atomic E-state index is 5.10. The van der Waals surface area contributed by atoms with Crippen molar-refractivity contribution in [2.75, 3.05) is 0 Å². The molecule has 0 saturated heterocycles. The van der Waals surface area contributed by atoms with Gasteiger partial charge in [0, 0.05) is 0 Å². The molecule has 1 rings (SSSR count). The Morgan fingerprint density at radius 3 is 2.50 bits per heavy atom. The van der Waals surface area contributed by atoms with Crippen LogP contribution in [0.3, 0.4) is 0 Å². The minimum atomic E-state index is -0.233. The van der Waals surface area contributed by atoms with Gasteiger partial charge in [0.05, 0.1) is 0 Å². The molecule has 1 aliphatic rings. The predicted molar refractivity (Wildman–Crippen MR) is 27.6 cm³/mol. The first kappa shape index (κ1) is 4.52. The van der Waals surface area contributed by atoms with E-state index in [1.807, 2.05) is 0 Å². The van der Waals surface area contributed by atoms with Gasteiger partial charge >= 0.3 is 48.3 Å². The quantitative estimate of drug-likeness (QED) is 0.419. The van der Waals surface area contributed by atoms with Gasteiger partial charge in [-0.15, -0.1) is 0 Å². The molecule has 0 aromatic carbocycles. The van der Waals surface area contributed by atoms with Crippen LogP contribution in [0, 0.1) is 10.4 Å². The Hall–Kier alpha value is 0.359. The molecular formula is C5H6Sn. The SMILES string of the molecule is C#[C][Sn][CH]1CC1. The van der Waals surface area contributed by atoms with Gasteiger partial charge in [-0.3, -0.25) is 0 Å². The second kappa shape index (κ2) is 1.88. The van der Waals surface area contributed by atoms with Crippen LogP contribution in [0.4, 0.5) is 0 Å². The molecule has 0 bridgehead atoms. The molecule has 0 unspecified atom stereocenters. The van der Waals surface area contributed by atoms with Crippen molar-refractivity contribution < 1.29 is 0 Å². The molecule has 0 aliphatic heterocycles. The van der Waals surface area contributed by atoms with Gasteiger partial charge in [-0.05, 0) is 0 Å². The Balaban J connectivity index is 2.05. The molecule has 1 heteroatoms. The third kappa shape index (κ3) is 1.22. The molecule has 0 nitrogen and oxygen atoms in total. The molecule has 1 saturated carbocycles. The van der Waals surface area contributed by atoms with Crippen LogP contribution in [0.5, 0.6) is 0 Å². The van der Waals surface area contributed by atoms with E-state index < -0.39 is 0 Å². The summed E-state index contributed by atoms with van der Waals surface area (Å²) in [4.78, 5) is 0. The van der Waals surface area contributed by atoms with Crippen LogP contribution in [0.25, 0.3) is 0 Å². The third-order valence-electron chi connectivity index (χ3n) is 0.865. The van der Waals surface area contributed by atoms with Crippen molar-refractivity contribution in [3.05, 3.63) is 0 Å². The van der Waals surface area contributed by atoms with Crippen molar-refractivity contribution in [3.8, 4) is 10.4 Å². The Kier molecular flexibility index (Phi) is 1.42. The van der Waals surface area contributed by atoms with E-state index in [0.29, 0.717) is 0 Å². The number of rotatable bonds is 1. The average Bonchev–Trinajstić information content (AvgIpc) is 2.21. The van der Waals surface area contributed by atoms with Crippen LogP contribution >= 0.6 is 0 Å². The molecule has 0 heterocycles. The standard InChI is InChI=1S/C3H5.C2H.Sn/c1-2-3-1;1-2;/h1H,2-3H2;1H;. The predicted octanol–water partition coefficient (Wildman–Crippen LogP) is 0.864. The number of hydrogen-bond donors (Lipinski definition) is 0. The molecule has 2 radical (unpaired) electrons. The van der Waals surface area contributed by atoms with Gasteiger partial charge in [0.15, 0.2) is 0 Å². The van der Waals surface area contributed by atoms with Crippen LogP contribution in [0.15, 0.2) is 0 Å². The molecule has 1 aliphatic carbocycles. The monoisotopic (exact) mass is 186 g/mol. The molecule has 0 aromatic rings. The fourth-order valence-electron chi connectivity index (χ4n) is 0.346. The van der Waals surface area contributed by atoms with E-state index in [2.05, 4.69) is 3.94 Å². The molecule has 0 aromatic heterocycles. The Morgan fingerprint density at radius 2 is 2.33 bits per heavy atom. The second-order valence-electron chi connectivity index (χ2n) is 1.56. The summed E-state index contributed by atoms with van der Waals surface area (Å²) in [7, 11) is 0. The normalized spacial score (nSPS) is 19.8. The summed E-state index contributed by atoms with van der Waals surface area (Å²) in [5.41, 5.74) is 0. The summed E-state index contributed by atoms with van der Waals surface area (Å²) in [6, 6.07) is 0. The first-order chi connectivity index (χ1) is 2.93. The molecule has 1 fully saturated rings. The van der Waals surface area contributed by atoms with Crippen molar-refractivity contribution >= 4 is 21.1 Å². The van der Waals surface area contributed by atoms with E-state index in [1.165, 1.54) is 12.8 Å². The number of terminal acetylenes is 1. The number of hydrogen-bond acceptors (Lipinski definition) is 0. The van der Waals surface area contributed by atoms with Gasteiger partial charge in [-0.2, -0.15) is 0 Å². The summed E-state index contributed by atoms with van der Waals surface area (Å²) in [6.45, 7) is 0. The van der Waals surface area contributed by atoms with Gasteiger partial charge < -0.3 is 0 Å². The van der Waals surface area contributed by atoms with Crippen LogP contribution in [0.1, 0.15) is 12.8 Å². The zero-order chi connectivity index (χ0) is 4.41. The third-order valence-corrected chi connectivity index (χ3v) is 4.15. The van der Waals surface area contributed by atoms with Crippen LogP contribution < -0.4 is 0 Å². The fourth-order valence-corrected chi connectivity index (χ4v) is 2.32. The summed E-state index contributed by atoms with van der Waals surface area (Å²) < 4.78 is 3.88. The van der Waals surface area contributed by atoms with Gasteiger partial charge in [-0.25, -0.2) is 0 Å². The molecule has 0 spiro atoms. The Labute approximate surface area is 48.5 Å². The van der Waals surface area contributed by atoms with Gasteiger partial charge in [0.25, 0.3) is 0 Å². The zero-order valence-electron chi connectivity index (χ0n) is 3.57. The van der Waals surface area contributed by atoms with Crippen LogP contribution in [-0.2, 0) is 0 Å². The van der Waals surface area contributed by atoms with E-state index in [4.69, 9.17) is 6.42 Å². The summed E-state index contributed by atoms with van der Waals surface area (Å²) in [5, 5.41) is 0. The van der Waals surface area contributed by atoms with Gasteiger partial charge in [0.1, 0.15) is 0 Å². The van der Waals surface area contributed by atoms with E-state index in [1.54, 1.807) is 0 Å². The summed E-state index contributed by atoms with van der Waals surface area (Å²) in [6.07, 6.45) is 8.00. The van der Waals surface area contributed by atoms with E-state index in [9.17, 15) is 0 Å². The second-order valence-corrected chi connectivity index (χ2v) is 5.54.